The fourth-order valence-electron chi connectivity index (χ4n) is 1.91. The number of hydrogen-bond acceptors (Lipinski definition) is 4. The Morgan fingerprint density at radius 3 is 2.55 bits per heavy atom. The first-order valence-electron chi connectivity index (χ1n) is 6.58. The minimum atomic E-state index is -2.92. The largest absolute Gasteiger partial charge is 0.434 e. The van der Waals surface area contributed by atoms with Crippen LogP contribution < -0.4 is 15.8 Å². The van der Waals surface area contributed by atoms with Crippen LogP contribution in [0.25, 0.3) is 0 Å². The minimum absolute atomic E-state index is 0. The molecule has 0 saturated carbocycles. The third kappa shape index (κ3) is 6.13. The van der Waals surface area contributed by atoms with E-state index < -0.39 is 24.6 Å². The highest BCUT2D eigenvalue weighted by molar-refractivity contribution is 5.85. The highest BCUT2D eigenvalue weighted by Gasteiger charge is 2.21. The molecule has 0 spiro atoms. The number of carbonyl (C=O) groups excluding carboxylic acids is 1. The minimum Gasteiger partial charge on any atom is -0.434 e. The Labute approximate surface area is 134 Å². The van der Waals surface area contributed by atoms with Gasteiger partial charge in [-0.3, -0.25) is 4.79 Å². The summed E-state index contributed by atoms with van der Waals surface area (Å²) in [5.74, 6) is -0.365. The number of halogens is 3. The third-order valence-electron chi connectivity index (χ3n) is 2.92. The molecule has 1 rings (SSSR count). The predicted octanol–water partition coefficient (Wildman–Crippen LogP) is 2.25. The van der Waals surface area contributed by atoms with Crippen molar-refractivity contribution < 1.29 is 23.0 Å². The molecule has 1 aromatic carbocycles. The van der Waals surface area contributed by atoms with Crippen molar-refractivity contribution >= 4 is 18.3 Å². The molecular weight excluding hydrogens is 318 g/mol. The Kier molecular flexibility index (Phi) is 9.64. The van der Waals surface area contributed by atoms with Crippen molar-refractivity contribution in [3.63, 3.8) is 0 Å². The molecule has 0 heterocycles. The van der Waals surface area contributed by atoms with Gasteiger partial charge in [0.25, 0.3) is 0 Å². The molecule has 22 heavy (non-hydrogen) atoms. The third-order valence-corrected chi connectivity index (χ3v) is 2.92. The van der Waals surface area contributed by atoms with Gasteiger partial charge in [-0.1, -0.05) is 25.1 Å². The number of hydrogen-bond donors (Lipinski definition) is 2. The molecule has 1 amide bonds. The Balaban J connectivity index is 0.00000441. The van der Waals surface area contributed by atoms with Crippen molar-refractivity contribution in [2.75, 3.05) is 13.7 Å². The molecular formula is C14H21ClF2N2O3. The van der Waals surface area contributed by atoms with Crippen LogP contribution in [0.2, 0.25) is 0 Å². The van der Waals surface area contributed by atoms with E-state index in [1.54, 1.807) is 18.2 Å². The van der Waals surface area contributed by atoms with Gasteiger partial charge in [0.1, 0.15) is 11.8 Å². The Bertz CT molecular complexity index is 463. The van der Waals surface area contributed by atoms with Crippen molar-refractivity contribution in [1.29, 1.82) is 0 Å². The first-order valence-corrected chi connectivity index (χ1v) is 6.58. The number of rotatable bonds is 8. The fourth-order valence-corrected chi connectivity index (χ4v) is 1.91. The summed E-state index contributed by atoms with van der Waals surface area (Å²) >= 11 is 0. The van der Waals surface area contributed by atoms with Crippen LogP contribution in [0.1, 0.15) is 24.9 Å². The number of nitrogens with one attached hydrogen (secondary N) is 1. The van der Waals surface area contributed by atoms with Crippen LogP contribution in [0.5, 0.6) is 5.75 Å². The summed E-state index contributed by atoms with van der Waals surface area (Å²) in [4.78, 5) is 11.9. The van der Waals surface area contributed by atoms with E-state index in [4.69, 9.17) is 10.5 Å². The van der Waals surface area contributed by atoms with Gasteiger partial charge in [-0.2, -0.15) is 8.78 Å². The summed E-state index contributed by atoms with van der Waals surface area (Å²) in [5.41, 5.74) is 6.12. The lowest BCUT2D eigenvalue weighted by Gasteiger charge is -2.22. The number of amides is 1. The Hall–Kier alpha value is -1.44. The number of methoxy groups -OCH3 is 1. The van der Waals surface area contributed by atoms with E-state index in [0.717, 1.165) is 0 Å². The van der Waals surface area contributed by atoms with E-state index in [1.807, 2.05) is 6.92 Å². The summed E-state index contributed by atoms with van der Waals surface area (Å²) < 4.78 is 34.1. The average molecular weight is 339 g/mol. The average Bonchev–Trinajstić information content (AvgIpc) is 2.45. The summed E-state index contributed by atoms with van der Waals surface area (Å²) in [6, 6.07) is 5.08. The molecule has 0 aliphatic carbocycles. The second-order valence-corrected chi connectivity index (χ2v) is 4.45. The molecule has 5 nitrogen and oxygen atoms in total. The first-order chi connectivity index (χ1) is 9.99. The van der Waals surface area contributed by atoms with E-state index in [-0.39, 0.29) is 24.8 Å². The smallest absolute Gasteiger partial charge is 0.387 e. The van der Waals surface area contributed by atoms with E-state index in [9.17, 15) is 13.6 Å². The zero-order valence-electron chi connectivity index (χ0n) is 12.4. The van der Waals surface area contributed by atoms with Crippen LogP contribution in [-0.4, -0.2) is 32.3 Å². The normalized spacial score (nSPS) is 13.2. The Morgan fingerprint density at radius 1 is 1.36 bits per heavy atom. The van der Waals surface area contributed by atoms with E-state index in [1.165, 1.54) is 13.2 Å². The lowest BCUT2D eigenvalue weighted by Crippen LogP contribution is -2.44. The van der Waals surface area contributed by atoms with Crippen molar-refractivity contribution in [3.8, 4) is 5.75 Å². The highest BCUT2D eigenvalue weighted by Crippen LogP contribution is 2.28. The van der Waals surface area contributed by atoms with Crippen molar-refractivity contribution in [2.24, 2.45) is 5.73 Å². The summed E-state index contributed by atoms with van der Waals surface area (Å²) in [7, 11) is 1.44. The quantitative estimate of drug-likeness (QED) is 0.762. The summed E-state index contributed by atoms with van der Waals surface area (Å²) in [5, 5.41) is 2.71. The molecule has 126 valence electrons. The number of benzene rings is 1. The first kappa shape index (κ1) is 20.6. The van der Waals surface area contributed by atoms with Gasteiger partial charge in [-0.25, -0.2) is 0 Å². The van der Waals surface area contributed by atoms with Gasteiger partial charge < -0.3 is 20.5 Å². The van der Waals surface area contributed by atoms with Crippen LogP contribution in [0, 0.1) is 0 Å². The highest BCUT2D eigenvalue weighted by atomic mass is 35.5. The van der Waals surface area contributed by atoms with Gasteiger partial charge >= 0.3 is 6.61 Å². The van der Waals surface area contributed by atoms with Crippen LogP contribution in [-0.2, 0) is 9.53 Å². The van der Waals surface area contributed by atoms with Crippen LogP contribution >= 0.6 is 12.4 Å². The van der Waals surface area contributed by atoms with Crippen LogP contribution in [0.3, 0.4) is 0 Å². The molecule has 0 fully saturated rings. The van der Waals surface area contributed by atoms with Crippen molar-refractivity contribution in [3.05, 3.63) is 29.8 Å². The van der Waals surface area contributed by atoms with E-state index >= 15 is 0 Å². The molecule has 2 atom stereocenters. The number of nitrogens with two attached hydrogens (primary N) is 1. The number of carbonyl (C=O) groups is 1. The maximum atomic E-state index is 12.4. The second kappa shape index (κ2) is 10.3. The number of para-hydroxylation sites is 1. The molecule has 0 aliphatic rings. The van der Waals surface area contributed by atoms with Crippen molar-refractivity contribution in [2.45, 2.75) is 32.0 Å². The van der Waals surface area contributed by atoms with Gasteiger partial charge in [0, 0.05) is 12.7 Å². The number of alkyl halides is 2. The monoisotopic (exact) mass is 338 g/mol. The molecule has 0 aliphatic heterocycles. The van der Waals surface area contributed by atoms with Gasteiger partial charge in [-0.15, -0.1) is 12.4 Å². The molecule has 8 heteroatoms. The molecule has 0 bridgehead atoms. The molecule has 2 unspecified atom stereocenters. The Morgan fingerprint density at radius 2 is 2.00 bits per heavy atom. The van der Waals surface area contributed by atoms with Crippen LogP contribution in [0.4, 0.5) is 8.78 Å². The zero-order chi connectivity index (χ0) is 15.8. The molecule has 0 radical (unpaired) electrons. The van der Waals surface area contributed by atoms with Crippen molar-refractivity contribution in [1.82, 2.24) is 5.32 Å². The lowest BCUT2D eigenvalue weighted by atomic mass is 10.0. The van der Waals surface area contributed by atoms with Gasteiger partial charge in [0.15, 0.2) is 0 Å². The standard InChI is InChI=1S/C14H20F2N2O3.ClH/c1-3-11(18-13(19)10(17)8-20-2)9-6-4-5-7-12(9)21-14(15)16;/h4-7,10-11,14H,3,8,17H2,1-2H3,(H,18,19);1H. The van der Waals surface area contributed by atoms with Gasteiger partial charge in [0.2, 0.25) is 5.91 Å². The van der Waals surface area contributed by atoms with E-state index in [0.29, 0.717) is 12.0 Å². The number of ether oxygens (including phenoxy) is 2. The maximum absolute atomic E-state index is 12.4. The van der Waals surface area contributed by atoms with Gasteiger partial charge in [-0.05, 0) is 12.5 Å². The van der Waals surface area contributed by atoms with Gasteiger partial charge in [0.05, 0.1) is 12.6 Å². The fraction of sp³-hybridized carbons (Fsp3) is 0.500. The van der Waals surface area contributed by atoms with E-state index in [2.05, 4.69) is 10.1 Å². The molecule has 0 saturated heterocycles. The lowest BCUT2D eigenvalue weighted by molar-refractivity contribution is -0.124. The SMILES string of the molecule is CCC(NC(=O)C(N)COC)c1ccccc1OC(F)F.Cl. The summed E-state index contributed by atoms with van der Waals surface area (Å²) in [6.45, 7) is -1.02. The maximum Gasteiger partial charge on any atom is 0.387 e. The zero-order valence-corrected chi connectivity index (χ0v) is 13.2. The summed E-state index contributed by atoms with van der Waals surface area (Å²) in [6.07, 6.45) is 0.509. The molecule has 0 aromatic heterocycles. The topological polar surface area (TPSA) is 73.6 Å². The predicted molar refractivity (Wildman–Crippen MR) is 81.3 cm³/mol. The molecule has 1 aromatic rings. The molecule has 3 N–H and O–H groups in total. The second-order valence-electron chi connectivity index (χ2n) is 4.45. The van der Waals surface area contributed by atoms with Crippen LogP contribution in [0.15, 0.2) is 24.3 Å².